The molecule has 1 N–H and O–H groups in total. The lowest BCUT2D eigenvalue weighted by molar-refractivity contribution is -0.150. The number of ether oxygens (including phenoxy) is 2. The number of rotatable bonds is 7. The van der Waals surface area contributed by atoms with Gasteiger partial charge in [0, 0.05) is 55.1 Å². The lowest BCUT2D eigenvalue weighted by Crippen LogP contribution is -2.53. The Morgan fingerprint density at radius 1 is 1.14 bits per heavy atom. The second-order valence-electron chi connectivity index (χ2n) is 9.36. The van der Waals surface area contributed by atoms with Gasteiger partial charge in [0.25, 0.3) is 6.43 Å². The Bertz CT molecular complexity index is 1290. The van der Waals surface area contributed by atoms with Crippen molar-refractivity contribution < 1.29 is 27.4 Å². The summed E-state index contributed by atoms with van der Waals surface area (Å²) in [7, 11) is 1.60. The summed E-state index contributed by atoms with van der Waals surface area (Å²) < 4.78 is 52.0. The molecule has 2 aliphatic rings. The number of amides is 1. The number of hydrogen-bond donors (Lipinski definition) is 1. The van der Waals surface area contributed by atoms with Gasteiger partial charge in [-0.2, -0.15) is 0 Å². The minimum atomic E-state index is -2.89. The second-order valence-corrected chi connectivity index (χ2v) is 9.36. The number of fused-ring (bicyclic) bond motifs is 1. The van der Waals surface area contributed by atoms with Crippen molar-refractivity contribution >= 4 is 28.2 Å². The van der Waals surface area contributed by atoms with Crippen molar-refractivity contribution in [1.29, 1.82) is 0 Å². The third-order valence-corrected chi connectivity index (χ3v) is 7.09. The number of piperazine rings is 1. The summed E-state index contributed by atoms with van der Waals surface area (Å²) in [5.74, 6) is -0.133. The van der Waals surface area contributed by atoms with Crippen LogP contribution in [0.4, 0.5) is 24.5 Å². The Hall–Kier alpha value is -3.53. The number of halogens is 3. The highest BCUT2D eigenvalue weighted by molar-refractivity contribution is 5.95. The highest BCUT2D eigenvalue weighted by Crippen LogP contribution is 2.37. The van der Waals surface area contributed by atoms with E-state index in [1.54, 1.807) is 26.3 Å². The van der Waals surface area contributed by atoms with Crippen molar-refractivity contribution in [3.05, 3.63) is 59.5 Å². The first-order chi connectivity index (χ1) is 17.9. The van der Waals surface area contributed by atoms with Gasteiger partial charge in [-0.15, -0.1) is 0 Å². The number of methoxy groups -OCH3 is 1. The molecule has 1 atom stereocenters. The Morgan fingerprint density at radius 3 is 2.51 bits per heavy atom. The number of carbonyl (C=O) groups is 1. The fraction of sp³-hybridized carbons (Fsp3) is 0.407. The molecule has 2 aromatic carbocycles. The van der Waals surface area contributed by atoms with Crippen molar-refractivity contribution in [3.8, 4) is 5.75 Å². The molecular weight excluding hydrogens is 485 g/mol. The van der Waals surface area contributed by atoms with Crippen molar-refractivity contribution in [2.45, 2.75) is 19.4 Å². The molecule has 0 radical (unpaired) electrons. The standard InChI is InChI=1S/C27H29F3N4O3/c1-16(18-4-3-5-19(25(18)28)26(29)30)32-21-6-7-31-22-13-24(36-2)23(12-20(21)22)33-8-10-34(11-9-33)27(35)17-14-37-15-17/h3-7,12-13,16-17,26H,8-11,14-15H2,1-2H3,(H,31,32)/t16-/m1/s1. The highest BCUT2D eigenvalue weighted by atomic mass is 19.3. The molecule has 5 rings (SSSR count). The largest absolute Gasteiger partial charge is 0.495 e. The van der Waals surface area contributed by atoms with Crippen LogP contribution in [-0.4, -0.2) is 62.3 Å². The zero-order valence-electron chi connectivity index (χ0n) is 20.7. The third-order valence-electron chi connectivity index (χ3n) is 7.09. The minimum Gasteiger partial charge on any atom is -0.495 e. The number of anilines is 2. The topological polar surface area (TPSA) is 66.9 Å². The van der Waals surface area contributed by atoms with Gasteiger partial charge in [-0.3, -0.25) is 9.78 Å². The van der Waals surface area contributed by atoms with Crippen LogP contribution in [0.3, 0.4) is 0 Å². The Balaban J connectivity index is 1.41. The van der Waals surface area contributed by atoms with Crippen LogP contribution in [0.25, 0.3) is 10.9 Å². The molecular formula is C27H29F3N4O3. The van der Waals surface area contributed by atoms with Crippen LogP contribution >= 0.6 is 0 Å². The maximum Gasteiger partial charge on any atom is 0.266 e. The quantitative estimate of drug-likeness (QED) is 0.489. The van der Waals surface area contributed by atoms with Crippen LogP contribution in [0.1, 0.15) is 30.5 Å². The van der Waals surface area contributed by atoms with Gasteiger partial charge >= 0.3 is 0 Å². The molecule has 0 saturated carbocycles. The average Bonchev–Trinajstić information content (AvgIpc) is 2.87. The van der Waals surface area contributed by atoms with Gasteiger partial charge in [-0.1, -0.05) is 18.2 Å². The molecule has 0 unspecified atom stereocenters. The number of pyridine rings is 1. The average molecular weight is 515 g/mol. The molecule has 0 aliphatic carbocycles. The summed E-state index contributed by atoms with van der Waals surface area (Å²) in [6, 6.07) is 9.08. The SMILES string of the molecule is COc1cc2nccc(N[C@H](C)c3cccc(C(F)F)c3F)c2cc1N1CCN(C(=O)C2COC2)CC1. The predicted molar refractivity (Wildman–Crippen MR) is 135 cm³/mol. The lowest BCUT2D eigenvalue weighted by Gasteiger charge is -2.39. The normalized spacial score (nSPS) is 17.1. The zero-order chi connectivity index (χ0) is 26.1. The van der Waals surface area contributed by atoms with E-state index in [9.17, 15) is 18.0 Å². The Kier molecular flexibility index (Phi) is 7.10. The van der Waals surface area contributed by atoms with E-state index in [1.165, 1.54) is 12.1 Å². The fourth-order valence-corrected chi connectivity index (χ4v) is 4.89. The summed E-state index contributed by atoms with van der Waals surface area (Å²) in [4.78, 5) is 21.1. The minimum absolute atomic E-state index is 0.0327. The molecule has 196 valence electrons. The first-order valence-electron chi connectivity index (χ1n) is 12.3. The van der Waals surface area contributed by atoms with Gasteiger partial charge < -0.3 is 24.6 Å². The first kappa shape index (κ1) is 25.1. The van der Waals surface area contributed by atoms with Crippen molar-refractivity contribution in [2.75, 3.05) is 56.7 Å². The van der Waals surface area contributed by atoms with Crippen LogP contribution in [0.15, 0.2) is 42.6 Å². The molecule has 3 heterocycles. The number of alkyl halides is 2. The molecule has 3 aromatic rings. The molecule has 2 fully saturated rings. The number of carbonyl (C=O) groups excluding carboxylic acids is 1. The van der Waals surface area contributed by atoms with Crippen molar-refractivity contribution in [3.63, 3.8) is 0 Å². The van der Waals surface area contributed by atoms with Crippen molar-refractivity contribution in [2.24, 2.45) is 5.92 Å². The predicted octanol–water partition coefficient (Wildman–Crippen LogP) is 4.79. The van der Waals surface area contributed by atoms with E-state index in [0.29, 0.717) is 56.3 Å². The van der Waals surface area contributed by atoms with E-state index < -0.39 is 23.8 Å². The molecule has 2 saturated heterocycles. The Morgan fingerprint density at radius 2 is 1.86 bits per heavy atom. The highest BCUT2D eigenvalue weighted by Gasteiger charge is 2.32. The molecule has 1 aromatic heterocycles. The summed E-state index contributed by atoms with van der Waals surface area (Å²) in [5, 5.41) is 4.07. The number of hydrogen-bond acceptors (Lipinski definition) is 6. The maximum absolute atomic E-state index is 14.8. The monoisotopic (exact) mass is 514 g/mol. The van der Waals surface area contributed by atoms with Crippen LogP contribution in [-0.2, 0) is 9.53 Å². The van der Waals surface area contributed by atoms with E-state index in [0.717, 1.165) is 17.1 Å². The van der Waals surface area contributed by atoms with Gasteiger partial charge in [0.15, 0.2) is 0 Å². The molecule has 7 nitrogen and oxygen atoms in total. The summed E-state index contributed by atoms with van der Waals surface area (Å²) in [6.07, 6.45) is -1.25. The summed E-state index contributed by atoms with van der Waals surface area (Å²) in [6.45, 7) is 5.22. The molecule has 0 spiro atoms. The van der Waals surface area contributed by atoms with E-state index in [2.05, 4.69) is 15.2 Å². The van der Waals surface area contributed by atoms with E-state index in [4.69, 9.17) is 9.47 Å². The zero-order valence-corrected chi connectivity index (χ0v) is 20.7. The van der Waals surface area contributed by atoms with Gasteiger partial charge in [0.1, 0.15) is 11.6 Å². The van der Waals surface area contributed by atoms with Crippen LogP contribution in [0, 0.1) is 11.7 Å². The first-order valence-corrected chi connectivity index (χ1v) is 12.3. The molecule has 2 aliphatic heterocycles. The van der Waals surface area contributed by atoms with Crippen LogP contribution in [0.5, 0.6) is 5.75 Å². The Labute approximate surface area is 213 Å². The summed E-state index contributed by atoms with van der Waals surface area (Å²) >= 11 is 0. The van der Waals surface area contributed by atoms with Gasteiger partial charge in [-0.25, -0.2) is 13.2 Å². The molecule has 0 bridgehead atoms. The van der Waals surface area contributed by atoms with Gasteiger partial charge in [0.2, 0.25) is 5.91 Å². The van der Waals surface area contributed by atoms with Gasteiger partial charge in [-0.05, 0) is 19.1 Å². The van der Waals surface area contributed by atoms with Crippen molar-refractivity contribution in [1.82, 2.24) is 9.88 Å². The smallest absolute Gasteiger partial charge is 0.266 e. The van der Waals surface area contributed by atoms with E-state index in [1.807, 2.05) is 17.0 Å². The maximum atomic E-state index is 14.8. The number of nitrogens with one attached hydrogen (secondary N) is 1. The molecule has 10 heteroatoms. The van der Waals surface area contributed by atoms with Gasteiger partial charge in [0.05, 0.1) is 49.1 Å². The number of nitrogens with zero attached hydrogens (tertiary/aromatic N) is 3. The molecule has 1 amide bonds. The fourth-order valence-electron chi connectivity index (χ4n) is 4.89. The summed E-state index contributed by atoms with van der Waals surface area (Å²) in [5.41, 5.74) is 1.79. The van der Waals surface area contributed by atoms with E-state index >= 15 is 0 Å². The number of benzene rings is 2. The second kappa shape index (κ2) is 10.5. The van der Waals surface area contributed by atoms with E-state index in [-0.39, 0.29) is 17.4 Å². The van der Waals surface area contributed by atoms with Crippen LogP contribution < -0.4 is 15.0 Å². The van der Waals surface area contributed by atoms with Crippen LogP contribution in [0.2, 0.25) is 0 Å². The number of aromatic nitrogens is 1. The lowest BCUT2D eigenvalue weighted by atomic mass is 10.0. The molecule has 37 heavy (non-hydrogen) atoms. The third kappa shape index (κ3) is 4.90.